The van der Waals surface area contributed by atoms with Crippen molar-refractivity contribution in [3.63, 3.8) is 0 Å². The summed E-state index contributed by atoms with van der Waals surface area (Å²) in [5.74, 6) is -1.68. The van der Waals surface area contributed by atoms with Gasteiger partial charge in [0.2, 0.25) is 0 Å². The van der Waals surface area contributed by atoms with E-state index >= 15 is 0 Å². The van der Waals surface area contributed by atoms with Gasteiger partial charge in [0.1, 0.15) is 0 Å². The van der Waals surface area contributed by atoms with Gasteiger partial charge < -0.3 is 15.8 Å². The van der Waals surface area contributed by atoms with Crippen LogP contribution in [-0.2, 0) is 6.54 Å². The highest BCUT2D eigenvalue weighted by atomic mass is 19.2. The van der Waals surface area contributed by atoms with Crippen LogP contribution in [0.3, 0.4) is 0 Å². The molecule has 0 heterocycles. The molecule has 0 aliphatic rings. The molecule has 0 saturated heterocycles. The molecule has 2 aromatic rings. The predicted molar refractivity (Wildman–Crippen MR) is 77.4 cm³/mol. The van der Waals surface area contributed by atoms with Crippen molar-refractivity contribution in [3.8, 4) is 0 Å². The summed E-state index contributed by atoms with van der Waals surface area (Å²) in [6.45, 7) is 0.229. The van der Waals surface area contributed by atoms with Crippen LogP contribution in [0.25, 0.3) is 0 Å². The second-order valence-corrected chi connectivity index (χ2v) is 4.60. The topological polar surface area (TPSA) is 61.8 Å². The average molecular weight is 291 g/mol. The number of hydrogen-bond donors (Lipinski definition) is 2. The van der Waals surface area contributed by atoms with Crippen molar-refractivity contribution in [2.45, 2.75) is 6.54 Å². The first-order chi connectivity index (χ1) is 10.0. The van der Waals surface area contributed by atoms with E-state index in [1.165, 1.54) is 6.07 Å². The molecule has 2 aromatic carbocycles. The summed E-state index contributed by atoms with van der Waals surface area (Å²) in [6.07, 6.45) is 0. The summed E-state index contributed by atoms with van der Waals surface area (Å²) in [4.78, 5) is 1.77. The second-order valence-electron chi connectivity index (χ2n) is 4.60. The fraction of sp³-hybridized carbons (Fsp3) is 0.133. The van der Waals surface area contributed by atoms with Gasteiger partial charge in [-0.2, -0.15) is 0 Å². The first-order valence-corrected chi connectivity index (χ1v) is 6.25. The zero-order valence-electron chi connectivity index (χ0n) is 11.4. The Labute approximate surface area is 121 Å². The van der Waals surface area contributed by atoms with Gasteiger partial charge in [0.25, 0.3) is 0 Å². The molecule has 0 unspecified atom stereocenters. The number of oxime groups is 1. The van der Waals surface area contributed by atoms with Gasteiger partial charge in [-0.1, -0.05) is 17.3 Å². The lowest BCUT2D eigenvalue weighted by Gasteiger charge is -2.20. The number of hydrogen-bond acceptors (Lipinski definition) is 3. The standard InChI is InChI=1S/C15H15F2N3O/c1-20(9-11-3-2-4-13(16)14(11)17)12-7-5-10(6-8-12)15(18)19-21/h2-8,21H,9H2,1H3,(H2,18,19). The quantitative estimate of drug-likeness (QED) is 0.394. The first-order valence-electron chi connectivity index (χ1n) is 6.25. The Morgan fingerprint density at radius 1 is 1.19 bits per heavy atom. The van der Waals surface area contributed by atoms with Crippen molar-refractivity contribution in [2.75, 3.05) is 11.9 Å². The SMILES string of the molecule is CN(Cc1cccc(F)c1F)c1ccc(C(N)=NO)cc1. The summed E-state index contributed by atoms with van der Waals surface area (Å²) in [7, 11) is 1.77. The third-order valence-corrected chi connectivity index (χ3v) is 3.15. The molecular weight excluding hydrogens is 276 g/mol. The summed E-state index contributed by atoms with van der Waals surface area (Å²) in [5, 5.41) is 11.5. The molecule has 0 bridgehead atoms. The molecule has 0 spiro atoms. The largest absolute Gasteiger partial charge is 0.409 e. The number of nitrogens with two attached hydrogens (primary N) is 1. The highest BCUT2D eigenvalue weighted by molar-refractivity contribution is 5.97. The molecule has 2 rings (SSSR count). The van der Waals surface area contributed by atoms with Gasteiger partial charge in [-0.05, 0) is 30.3 Å². The van der Waals surface area contributed by atoms with Crippen LogP contribution in [0.1, 0.15) is 11.1 Å². The third-order valence-electron chi connectivity index (χ3n) is 3.15. The molecule has 0 saturated carbocycles. The van der Waals surface area contributed by atoms with Gasteiger partial charge in [-0.15, -0.1) is 0 Å². The Kier molecular flexibility index (Phi) is 4.37. The molecule has 0 radical (unpaired) electrons. The lowest BCUT2D eigenvalue weighted by molar-refractivity contribution is 0.318. The molecule has 0 atom stereocenters. The molecule has 21 heavy (non-hydrogen) atoms. The van der Waals surface area contributed by atoms with Gasteiger partial charge in [0.05, 0.1) is 0 Å². The number of anilines is 1. The first kappa shape index (κ1) is 14.8. The Morgan fingerprint density at radius 3 is 2.48 bits per heavy atom. The van der Waals surface area contributed by atoms with Gasteiger partial charge >= 0.3 is 0 Å². The van der Waals surface area contributed by atoms with Crippen molar-refractivity contribution < 1.29 is 14.0 Å². The molecular formula is C15H15F2N3O. The Balaban J connectivity index is 2.17. The maximum Gasteiger partial charge on any atom is 0.170 e. The van der Waals surface area contributed by atoms with E-state index in [1.807, 2.05) is 0 Å². The number of amidine groups is 1. The van der Waals surface area contributed by atoms with Gasteiger partial charge in [0.15, 0.2) is 17.5 Å². The van der Waals surface area contributed by atoms with Gasteiger partial charge in [0, 0.05) is 30.4 Å². The summed E-state index contributed by atoms with van der Waals surface area (Å²) in [6, 6.07) is 11.0. The van der Waals surface area contributed by atoms with Crippen molar-refractivity contribution in [1.82, 2.24) is 0 Å². The van der Waals surface area contributed by atoms with E-state index < -0.39 is 11.6 Å². The molecule has 0 fully saturated rings. The number of rotatable bonds is 4. The van der Waals surface area contributed by atoms with Crippen LogP contribution >= 0.6 is 0 Å². The fourth-order valence-corrected chi connectivity index (χ4v) is 1.96. The second kappa shape index (κ2) is 6.21. The van der Waals surface area contributed by atoms with E-state index in [2.05, 4.69) is 5.16 Å². The number of halogens is 2. The van der Waals surface area contributed by atoms with Crippen molar-refractivity contribution in [2.24, 2.45) is 10.9 Å². The highest BCUT2D eigenvalue weighted by Gasteiger charge is 2.10. The van der Waals surface area contributed by atoms with E-state index in [9.17, 15) is 8.78 Å². The van der Waals surface area contributed by atoms with Crippen LogP contribution in [0.15, 0.2) is 47.6 Å². The zero-order chi connectivity index (χ0) is 15.4. The molecule has 0 amide bonds. The smallest absolute Gasteiger partial charge is 0.170 e. The molecule has 0 aliphatic heterocycles. The van der Waals surface area contributed by atoms with Crippen molar-refractivity contribution in [1.29, 1.82) is 0 Å². The minimum absolute atomic E-state index is 0.0142. The summed E-state index contributed by atoms with van der Waals surface area (Å²) < 4.78 is 26.8. The summed E-state index contributed by atoms with van der Waals surface area (Å²) >= 11 is 0. The van der Waals surface area contributed by atoms with E-state index in [0.29, 0.717) is 5.56 Å². The normalized spacial score (nSPS) is 11.5. The molecule has 0 aromatic heterocycles. The van der Waals surface area contributed by atoms with Gasteiger partial charge in [-0.25, -0.2) is 8.78 Å². The molecule has 0 aliphatic carbocycles. The lowest BCUT2D eigenvalue weighted by Crippen LogP contribution is -2.18. The highest BCUT2D eigenvalue weighted by Crippen LogP contribution is 2.19. The molecule has 4 nitrogen and oxygen atoms in total. The average Bonchev–Trinajstić information content (AvgIpc) is 2.51. The van der Waals surface area contributed by atoms with E-state index in [1.54, 1.807) is 42.3 Å². The zero-order valence-corrected chi connectivity index (χ0v) is 11.4. The monoisotopic (exact) mass is 291 g/mol. The van der Waals surface area contributed by atoms with Crippen LogP contribution in [-0.4, -0.2) is 18.1 Å². The van der Waals surface area contributed by atoms with Gasteiger partial charge in [-0.3, -0.25) is 0 Å². The number of benzene rings is 2. The van der Waals surface area contributed by atoms with E-state index in [4.69, 9.17) is 10.9 Å². The minimum Gasteiger partial charge on any atom is -0.409 e. The summed E-state index contributed by atoms with van der Waals surface area (Å²) in [5.41, 5.74) is 7.13. The van der Waals surface area contributed by atoms with Crippen LogP contribution < -0.4 is 10.6 Å². The lowest BCUT2D eigenvalue weighted by atomic mass is 10.1. The van der Waals surface area contributed by atoms with Crippen LogP contribution in [0.4, 0.5) is 14.5 Å². The van der Waals surface area contributed by atoms with E-state index in [0.717, 1.165) is 11.8 Å². The molecule has 3 N–H and O–H groups in total. The third kappa shape index (κ3) is 3.28. The number of nitrogens with zero attached hydrogens (tertiary/aromatic N) is 2. The van der Waals surface area contributed by atoms with Crippen LogP contribution in [0.2, 0.25) is 0 Å². The minimum atomic E-state index is -0.858. The Morgan fingerprint density at radius 2 is 1.86 bits per heavy atom. The maximum atomic E-state index is 13.6. The predicted octanol–water partition coefficient (Wildman–Crippen LogP) is 2.70. The van der Waals surface area contributed by atoms with E-state index in [-0.39, 0.29) is 17.9 Å². The van der Waals surface area contributed by atoms with Crippen LogP contribution in [0.5, 0.6) is 0 Å². The van der Waals surface area contributed by atoms with Crippen LogP contribution in [0, 0.1) is 11.6 Å². The van der Waals surface area contributed by atoms with Crippen molar-refractivity contribution in [3.05, 3.63) is 65.2 Å². The molecule has 110 valence electrons. The molecule has 6 heteroatoms. The maximum absolute atomic E-state index is 13.6. The fourth-order valence-electron chi connectivity index (χ4n) is 1.96. The Bertz CT molecular complexity index is 656. The Hall–Kier alpha value is -2.63. The van der Waals surface area contributed by atoms with Crippen molar-refractivity contribution >= 4 is 11.5 Å².